The zero-order chi connectivity index (χ0) is 20.3. The lowest BCUT2D eigenvalue weighted by Crippen LogP contribution is -2.50. The van der Waals surface area contributed by atoms with E-state index in [0.29, 0.717) is 5.82 Å². The van der Waals surface area contributed by atoms with Crippen LogP contribution in [0.3, 0.4) is 0 Å². The quantitative estimate of drug-likeness (QED) is 0.697. The number of hydrogen-bond donors (Lipinski definition) is 2. The first-order valence-electron chi connectivity index (χ1n) is 10.1. The number of carbonyl (C=O) groups excluding carboxylic acids is 1. The van der Waals surface area contributed by atoms with Gasteiger partial charge in [-0.25, -0.2) is 4.79 Å². The molecule has 1 fully saturated rings. The molecule has 0 aliphatic heterocycles. The zero-order valence-electron chi connectivity index (χ0n) is 16.9. The molecule has 150 valence electrons. The maximum Gasteiger partial charge on any atom is 0.320 e. The van der Waals surface area contributed by atoms with E-state index >= 15 is 0 Å². The zero-order valence-corrected chi connectivity index (χ0v) is 16.9. The number of urea groups is 1. The molecular formula is C22H26N6O. The number of nitrogens with one attached hydrogen (secondary N) is 2. The van der Waals surface area contributed by atoms with Crippen molar-refractivity contribution in [2.24, 2.45) is 0 Å². The van der Waals surface area contributed by atoms with Gasteiger partial charge in [0.2, 0.25) is 0 Å². The number of benzene rings is 2. The van der Waals surface area contributed by atoms with E-state index in [-0.39, 0.29) is 6.03 Å². The van der Waals surface area contributed by atoms with Gasteiger partial charge in [-0.3, -0.25) is 0 Å². The molecule has 1 saturated carbocycles. The van der Waals surface area contributed by atoms with E-state index in [1.165, 1.54) is 5.56 Å². The molecule has 0 spiro atoms. The molecule has 0 unspecified atom stereocenters. The second kappa shape index (κ2) is 8.03. The molecule has 0 atom stereocenters. The van der Waals surface area contributed by atoms with Crippen LogP contribution in [0.1, 0.15) is 49.1 Å². The first-order valence-corrected chi connectivity index (χ1v) is 10.1. The molecule has 2 aromatic carbocycles. The third kappa shape index (κ3) is 3.85. The van der Waals surface area contributed by atoms with Gasteiger partial charge in [-0.05, 0) is 66.4 Å². The smallest absolute Gasteiger partial charge is 0.320 e. The van der Waals surface area contributed by atoms with Crippen LogP contribution >= 0.6 is 0 Å². The highest BCUT2D eigenvalue weighted by Crippen LogP contribution is 2.37. The molecule has 1 heterocycles. The van der Waals surface area contributed by atoms with Crippen LogP contribution < -0.4 is 10.6 Å². The molecule has 3 aromatic rings. The van der Waals surface area contributed by atoms with Crippen LogP contribution in [0, 0.1) is 13.8 Å². The molecule has 1 aliphatic rings. The fourth-order valence-electron chi connectivity index (χ4n) is 4.07. The lowest BCUT2D eigenvalue weighted by atomic mass is 9.81. The van der Waals surface area contributed by atoms with Crippen LogP contribution in [-0.2, 0) is 5.54 Å². The normalized spacial score (nSPS) is 15.7. The van der Waals surface area contributed by atoms with Gasteiger partial charge in [0.15, 0.2) is 5.82 Å². The number of carbonyl (C=O) groups is 1. The van der Waals surface area contributed by atoms with Gasteiger partial charge >= 0.3 is 6.03 Å². The van der Waals surface area contributed by atoms with Crippen LogP contribution in [0.5, 0.6) is 0 Å². The minimum atomic E-state index is -0.600. The van der Waals surface area contributed by atoms with Crippen molar-refractivity contribution in [3.8, 4) is 5.69 Å². The van der Waals surface area contributed by atoms with Gasteiger partial charge < -0.3 is 10.6 Å². The molecule has 2 amide bonds. The highest BCUT2D eigenvalue weighted by molar-refractivity contribution is 5.89. The monoisotopic (exact) mass is 390 g/mol. The van der Waals surface area contributed by atoms with Gasteiger partial charge in [-0.15, -0.1) is 5.10 Å². The standard InChI is InChI=1S/C22H26N6O/c1-16-10-9-13-19(17(16)2)28-20(25-26-27-28)22(14-7-4-8-15-22)24-21(29)23-18-11-5-3-6-12-18/h3,5-6,9-13H,4,7-8,14-15H2,1-2H3,(H2,23,24,29). The maximum absolute atomic E-state index is 12.8. The van der Waals surface area contributed by atoms with E-state index in [4.69, 9.17) is 0 Å². The number of tetrazole rings is 1. The lowest BCUT2D eigenvalue weighted by Gasteiger charge is -2.36. The first kappa shape index (κ1) is 19.1. The van der Waals surface area contributed by atoms with Crippen molar-refractivity contribution < 1.29 is 4.79 Å². The van der Waals surface area contributed by atoms with E-state index in [1.54, 1.807) is 4.68 Å². The molecule has 2 N–H and O–H groups in total. The van der Waals surface area contributed by atoms with Crippen LogP contribution in [0.4, 0.5) is 10.5 Å². The van der Waals surface area contributed by atoms with Gasteiger partial charge in [0.1, 0.15) is 5.54 Å². The van der Waals surface area contributed by atoms with Gasteiger partial charge in [0.05, 0.1) is 5.69 Å². The third-order valence-corrected chi connectivity index (χ3v) is 5.79. The second-order valence-corrected chi connectivity index (χ2v) is 7.72. The maximum atomic E-state index is 12.8. The fraction of sp³-hybridized carbons (Fsp3) is 0.364. The number of anilines is 1. The highest BCUT2D eigenvalue weighted by Gasteiger charge is 2.41. The van der Waals surface area contributed by atoms with Crippen LogP contribution in [0.2, 0.25) is 0 Å². The Morgan fingerprint density at radius 1 is 1.00 bits per heavy atom. The number of amides is 2. The van der Waals surface area contributed by atoms with Crippen molar-refractivity contribution in [2.75, 3.05) is 5.32 Å². The average molecular weight is 390 g/mol. The molecule has 0 bridgehead atoms. The topological polar surface area (TPSA) is 84.7 Å². The first-order chi connectivity index (χ1) is 14.1. The van der Waals surface area contributed by atoms with Gasteiger partial charge in [0, 0.05) is 5.69 Å². The summed E-state index contributed by atoms with van der Waals surface area (Å²) in [6, 6.07) is 15.3. The molecule has 7 nitrogen and oxygen atoms in total. The van der Waals surface area contributed by atoms with E-state index in [0.717, 1.165) is 49.0 Å². The van der Waals surface area contributed by atoms with Crippen molar-refractivity contribution in [3.63, 3.8) is 0 Å². The summed E-state index contributed by atoms with van der Waals surface area (Å²) in [5.41, 5.74) is 3.40. The summed E-state index contributed by atoms with van der Waals surface area (Å²) in [5, 5.41) is 18.8. The average Bonchev–Trinajstić information content (AvgIpc) is 3.22. The minimum absolute atomic E-state index is 0.242. The lowest BCUT2D eigenvalue weighted by molar-refractivity contribution is 0.204. The van der Waals surface area contributed by atoms with Crippen molar-refractivity contribution in [1.82, 2.24) is 25.5 Å². The SMILES string of the molecule is Cc1cccc(-n2nnnc2C2(NC(=O)Nc3ccccc3)CCCCC2)c1C. The summed E-state index contributed by atoms with van der Waals surface area (Å²) in [6.07, 6.45) is 4.80. The van der Waals surface area contributed by atoms with Crippen LogP contribution in [-0.4, -0.2) is 26.2 Å². The van der Waals surface area contributed by atoms with Gasteiger partial charge in [-0.1, -0.05) is 49.6 Å². The van der Waals surface area contributed by atoms with Crippen molar-refractivity contribution in [2.45, 2.75) is 51.5 Å². The molecule has 4 rings (SSSR count). The van der Waals surface area contributed by atoms with E-state index in [9.17, 15) is 4.79 Å². The molecule has 1 aromatic heterocycles. The Morgan fingerprint density at radius 3 is 2.52 bits per heavy atom. The van der Waals surface area contributed by atoms with E-state index < -0.39 is 5.54 Å². The van der Waals surface area contributed by atoms with Gasteiger partial charge in [0.25, 0.3) is 0 Å². The Morgan fingerprint density at radius 2 is 1.76 bits per heavy atom. The Balaban J connectivity index is 1.68. The number of hydrogen-bond acceptors (Lipinski definition) is 4. The molecule has 1 aliphatic carbocycles. The van der Waals surface area contributed by atoms with Crippen LogP contribution in [0.15, 0.2) is 48.5 Å². The molecular weight excluding hydrogens is 364 g/mol. The van der Waals surface area contributed by atoms with Crippen molar-refractivity contribution >= 4 is 11.7 Å². The van der Waals surface area contributed by atoms with Crippen molar-refractivity contribution in [1.29, 1.82) is 0 Å². The second-order valence-electron chi connectivity index (χ2n) is 7.72. The Hall–Kier alpha value is -3.22. The largest absolute Gasteiger partial charge is 0.325 e. The summed E-state index contributed by atoms with van der Waals surface area (Å²) < 4.78 is 1.79. The number of aromatic nitrogens is 4. The van der Waals surface area contributed by atoms with Crippen LogP contribution in [0.25, 0.3) is 5.69 Å². The third-order valence-electron chi connectivity index (χ3n) is 5.79. The predicted molar refractivity (Wildman–Crippen MR) is 112 cm³/mol. The molecule has 29 heavy (non-hydrogen) atoms. The Kier molecular flexibility index (Phi) is 5.29. The summed E-state index contributed by atoms with van der Waals surface area (Å²) >= 11 is 0. The number of aryl methyl sites for hydroxylation is 1. The predicted octanol–water partition coefficient (Wildman–Crippen LogP) is 4.26. The number of rotatable bonds is 4. The highest BCUT2D eigenvalue weighted by atomic mass is 16.2. The summed E-state index contributed by atoms with van der Waals surface area (Å²) in [4.78, 5) is 12.8. The molecule has 0 radical (unpaired) electrons. The fourth-order valence-corrected chi connectivity index (χ4v) is 4.07. The Labute approximate surface area is 170 Å². The summed E-state index contributed by atoms with van der Waals surface area (Å²) in [6.45, 7) is 4.14. The number of para-hydroxylation sites is 1. The Bertz CT molecular complexity index is 992. The van der Waals surface area contributed by atoms with Crippen molar-refractivity contribution in [3.05, 3.63) is 65.5 Å². The molecule has 0 saturated heterocycles. The van der Waals surface area contributed by atoms with E-state index in [2.05, 4.69) is 46.1 Å². The summed E-state index contributed by atoms with van der Waals surface area (Å²) in [7, 11) is 0. The van der Waals surface area contributed by atoms with Gasteiger partial charge in [-0.2, -0.15) is 4.68 Å². The summed E-state index contributed by atoms with van der Waals surface area (Å²) in [5.74, 6) is 0.689. The van der Waals surface area contributed by atoms with E-state index in [1.807, 2.05) is 42.5 Å². The minimum Gasteiger partial charge on any atom is -0.325 e. The molecule has 7 heteroatoms. The number of nitrogens with zero attached hydrogens (tertiary/aromatic N) is 4.